The standard InChI is InChI=1S/C26H33ClN2O3/c1-4-23(26(31)28-22-9-5-6-10-22)29(16-20-12-14-21(27)15-13-20)25(30)17-32-24-11-7-8-18(2)19(24)3/h7-8,11-15,22-23H,4-6,9-10,16-17H2,1-3H3,(H,28,31)/t23-/m0/s1. The summed E-state index contributed by atoms with van der Waals surface area (Å²) >= 11 is 6.03. The molecule has 32 heavy (non-hydrogen) atoms. The Morgan fingerprint density at radius 1 is 1.12 bits per heavy atom. The number of hydrogen-bond donors (Lipinski definition) is 1. The van der Waals surface area contributed by atoms with Gasteiger partial charge in [0.05, 0.1) is 0 Å². The number of aryl methyl sites for hydroxylation is 1. The lowest BCUT2D eigenvalue weighted by Gasteiger charge is -2.31. The van der Waals surface area contributed by atoms with Gasteiger partial charge in [-0.05, 0) is 68.0 Å². The Labute approximate surface area is 196 Å². The normalized spacial score (nSPS) is 14.8. The number of carbonyl (C=O) groups excluding carboxylic acids is 2. The Bertz CT molecular complexity index is 923. The number of benzene rings is 2. The summed E-state index contributed by atoms with van der Waals surface area (Å²) in [5.74, 6) is 0.385. The summed E-state index contributed by atoms with van der Waals surface area (Å²) in [6, 6.07) is 12.8. The number of nitrogens with one attached hydrogen (secondary N) is 1. The maximum Gasteiger partial charge on any atom is 0.261 e. The SMILES string of the molecule is CC[C@@H](C(=O)NC1CCCC1)N(Cc1ccc(Cl)cc1)C(=O)COc1cccc(C)c1C. The van der Waals surface area contributed by atoms with E-state index in [9.17, 15) is 9.59 Å². The van der Waals surface area contributed by atoms with Crippen LogP contribution in [0.25, 0.3) is 0 Å². The average molecular weight is 457 g/mol. The molecule has 1 aliphatic carbocycles. The van der Waals surface area contributed by atoms with E-state index in [2.05, 4.69) is 5.32 Å². The summed E-state index contributed by atoms with van der Waals surface area (Å²) < 4.78 is 5.88. The number of rotatable bonds is 9. The maximum atomic E-state index is 13.3. The molecule has 0 heterocycles. The smallest absolute Gasteiger partial charge is 0.261 e. The molecule has 0 bridgehead atoms. The van der Waals surface area contributed by atoms with Gasteiger partial charge in [-0.25, -0.2) is 0 Å². The zero-order valence-corrected chi connectivity index (χ0v) is 20.0. The Hall–Kier alpha value is -2.53. The van der Waals surface area contributed by atoms with Crippen molar-refractivity contribution in [3.63, 3.8) is 0 Å². The van der Waals surface area contributed by atoms with E-state index in [0.717, 1.165) is 42.4 Å². The summed E-state index contributed by atoms with van der Waals surface area (Å²) in [4.78, 5) is 28.1. The molecule has 0 aliphatic heterocycles. The van der Waals surface area contributed by atoms with Crippen molar-refractivity contribution in [3.8, 4) is 5.75 Å². The van der Waals surface area contributed by atoms with Gasteiger partial charge in [0.25, 0.3) is 5.91 Å². The zero-order chi connectivity index (χ0) is 23.1. The van der Waals surface area contributed by atoms with Crippen LogP contribution in [0.1, 0.15) is 55.7 Å². The molecular formula is C26H33ClN2O3. The van der Waals surface area contributed by atoms with Crippen molar-refractivity contribution in [1.82, 2.24) is 10.2 Å². The lowest BCUT2D eigenvalue weighted by molar-refractivity contribution is -0.143. The van der Waals surface area contributed by atoms with Crippen LogP contribution in [0.5, 0.6) is 5.75 Å². The van der Waals surface area contributed by atoms with Gasteiger partial charge in [-0.15, -0.1) is 0 Å². The van der Waals surface area contributed by atoms with Gasteiger partial charge < -0.3 is 15.0 Å². The highest BCUT2D eigenvalue weighted by Gasteiger charge is 2.31. The minimum Gasteiger partial charge on any atom is -0.483 e. The number of halogens is 1. The van der Waals surface area contributed by atoms with Crippen LogP contribution in [-0.2, 0) is 16.1 Å². The predicted molar refractivity (Wildman–Crippen MR) is 128 cm³/mol. The molecule has 1 saturated carbocycles. The van der Waals surface area contributed by atoms with Crippen LogP contribution < -0.4 is 10.1 Å². The quantitative estimate of drug-likeness (QED) is 0.564. The van der Waals surface area contributed by atoms with E-state index in [-0.39, 0.29) is 24.5 Å². The van der Waals surface area contributed by atoms with Crippen molar-refractivity contribution in [2.45, 2.75) is 71.5 Å². The van der Waals surface area contributed by atoms with Crippen molar-refractivity contribution in [3.05, 3.63) is 64.2 Å². The third-order valence-electron chi connectivity index (χ3n) is 6.26. The van der Waals surface area contributed by atoms with Crippen LogP contribution >= 0.6 is 11.6 Å². The van der Waals surface area contributed by atoms with Crippen LogP contribution in [0.15, 0.2) is 42.5 Å². The van der Waals surface area contributed by atoms with Gasteiger partial charge in [-0.1, -0.05) is 55.6 Å². The molecule has 3 rings (SSSR count). The summed E-state index contributed by atoms with van der Waals surface area (Å²) in [6.45, 7) is 6.13. The monoisotopic (exact) mass is 456 g/mol. The van der Waals surface area contributed by atoms with Crippen molar-refractivity contribution < 1.29 is 14.3 Å². The highest BCUT2D eigenvalue weighted by molar-refractivity contribution is 6.30. The molecule has 1 aliphatic rings. The van der Waals surface area contributed by atoms with Crippen molar-refractivity contribution in [1.29, 1.82) is 0 Å². The average Bonchev–Trinajstić information content (AvgIpc) is 3.28. The van der Waals surface area contributed by atoms with Crippen molar-refractivity contribution in [2.24, 2.45) is 0 Å². The summed E-state index contributed by atoms with van der Waals surface area (Å²) in [5, 5.41) is 3.79. The third kappa shape index (κ3) is 6.26. The number of hydrogen-bond acceptors (Lipinski definition) is 3. The largest absolute Gasteiger partial charge is 0.483 e. The number of amides is 2. The van der Waals surface area contributed by atoms with Crippen molar-refractivity contribution >= 4 is 23.4 Å². The first-order valence-electron chi connectivity index (χ1n) is 11.4. The molecule has 2 aromatic rings. The van der Waals surface area contributed by atoms with E-state index in [1.165, 1.54) is 0 Å². The van der Waals surface area contributed by atoms with Crippen LogP contribution in [0, 0.1) is 13.8 Å². The van der Waals surface area contributed by atoms with Gasteiger partial charge in [0.15, 0.2) is 6.61 Å². The molecule has 2 aromatic carbocycles. The summed E-state index contributed by atoms with van der Waals surface area (Å²) in [7, 11) is 0. The first-order chi connectivity index (χ1) is 15.4. The molecule has 2 amide bonds. The number of nitrogens with zero attached hydrogens (tertiary/aromatic N) is 1. The molecule has 5 nitrogen and oxygen atoms in total. The fourth-order valence-corrected chi connectivity index (χ4v) is 4.30. The first-order valence-corrected chi connectivity index (χ1v) is 11.8. The Morgan fingerprint density at radius 3 is 2.47 bits per heavy atom. The van der Waals surface area contributed by atoms with Gasteiger partial charge in [0, 0.05) is 17.6 Å². The maximum absolute atomic E-state index is 13.3. The molecule has 0 aromatic heterocycles. The minimum atomic E-state index is -0.555. The van der Waals surface area contributed by atoms with Crippen LogP contribution in [0.4, 0.5) is 0 Å². The number of carbonyl (C=O) groups is 2. The lowest BCUT2D eigenvalue weighted by atomic mass is 10.1. The highest BCUT2D eigenvalue weighted by Crippen LogP contribution is 2.22. The molecule has 6 heteroatoms. The minimum absolute atomic E-state index is 0.0894. The molecule has 1 fully saturated rings. The van der Waals surface area contributed by atoms with Gasteiger partial charge in [0.2, 0.25) is 5.91 Å². The second kappa shape index (κ2) is 11.4. The van der Waals surface area contributed by atoms with E-state index in [0.29, 0.717) is 23.7 Å². The second-order valence-electron chi connectivity index (χ2n) is 8.55. The highest BCUT2D eigenvalue weighted by atomic mass is 35.5. The molecule has 1 N–H and O–H groups in total. The van der Waals surface area contributed by atoms with Gasteiger partial charge in [-0.2, -0.15) is 0 Å². The summed E-state index contributed by atoms with van der Waals surface area (Å²) in [6.07, 6.45) is 4.81. The second-order valence-corrected chi connectivity index (χ2v) is 8.99. The lowest BCUT2D eigenvalue weighted by Crippen LogP contribution is -2.52. The van der Waals surface area contributed by atoms with E-state index in [1.54, 1.807) is 17.0 Å². The van der Waals surface area contributed by atoms with Gasteiger partial charge in [0.1, 0.15) is 11.8 Å². The van der Waals surface area contributed by atoms with Gasteiger partial charge >= 0.3 is 0 Å². The Kier molecular flexibility index (Phi) is 8.57. The van der Waals surface area contributed by atoms with Crippen LogP contribution in [0.3, 0.4) is 0 Å². The number of ether oxygens (including phenoxy) is 1. The fraction of sp³-hybridized carbons (Fsp3) is 0.462. The molecule has 172 valence electrons. The molecule has 0 saturated heterocycles. The molecule has 0 spiro atoms. The predicted octanol–water partition coefficient (Wildman–Crippen LogP) is 5.20. The van der Waals surface area contributed by atoms with Crippen LogP contribution in [-0.4, -0.2) is 35.4 Å². The van der Waals surface area contributed by atoms with E-state index in [1.807, 2.05) is 51.1 Å². The van der Waals surface area contributed by atoms with E-state index >= 15 is 0 Å². The molecule has 1 atom stereocenters. The summed E-state index contributed by atoms with van der Waals surface area (Å²) in [5.41, 5.74) is 3.03. The van der Waals surface area contributed by atoms with Gasteiger partial charge in [-0.3, -0.25) is 9.59 Å². The van der Waals surface area contributed by atoms with E-state index in [4.69, 9.17) is 16.3 Å². The zero-order valence-electron chi connectivity index (χ0n) is 19.2. The van der Waals surface area contributed by atoms with E-state index < -0.39 is 6.04 Å². The Balaban J connectivity index is 1.77. The fourth-order valence-electron chi connectivity index (χ4n) is 4.18. The Morgan fingerprint density at radius 2 is 1.81 bits per heavy atom. The van der Waals surface area contributed by atoms with Crippen molar-refractivity contribution in [2.75, 3.05) is 6.61 Å². The van der Waals surface area contributed by atoms with Crippen LogP contribution in [0.2, 0.25) is 5.02 Å². The molecular weight excluding hydrogens is 424 g/mol. The third-order valence-corrected chi connectivity index (χ3v) is 6.51. The topological polar surface area (TPSA) is 58.6 Å². The molecule has 0 unspecified atom stereocenters. The first kappa shape index (κ1) is 24.1. The molecule has 0 radical (unpaired) electrons.